The molecule has 0 saturated carbocycles. The second kappa shape index (κ2) is 5.08. The zero-order valence-electron chi connectivity index (χ0n) is 12.1. The van der Waals surface area contributed by atoms with Crippen molar-refractivity contribution < 1.29 is 13.9 Å². The molecule has 1 aromatic rings. The molecule has 0 aromatic carbocycles. The van der Waals surface area contributed by atoms with E-state index in [1.54, 1.807) is 20.1 Å². The maximum absolute atomic E-state index is 11.3. The van der Waals surface area contributed by atoms with Crippen molar-refractivity contribution in [3.63, 3.8) is 0 Å². The van der Waals surface area contributed by atoms with Crippen molar-refractivity contribution in [1.29, 1.82) is 0 Å². The van der Waals surface area contributed by atoms with Gasteiger partial charge in [0.25, 0.3) is 0 Å². The summed E-state index contributed by atoms with van der Waals surface area (Å²) in [4.78, 5) is 11.3. The second-order valence-corrected chi connectivity index (χ2v) is 5.19. The van der Waals surface area contributed by atoms with Gasteiger partial charge in [-0.2, -0.15) is 0 Å². The third-order valence-electron chi connectivity index (χ3n) is 3.60. The third-order valence-corrected chi connectivity index (χ3v) is 3.60. The van der Waals surface area contributed by atoms with Crippen molar-refractivity contribution in [2.24, 2.45) is 11.8 Å². The molecule has 1 aliphatic carbocycles. The highest BCUT2D eigenvalue weighted by Gasteiger charge is 2.27. The zero-order valence-corrected chi connectivity index (χ0v) is 12.1. The van der Waals surface area contributed by atoms with E-state index in [1.807, 2.05) is 19.9 Å². The Labute approximate surface area is 113 Å². The highest BCUT2D eigenvalue weighted by atomic mass is 16.5. The molecule has 1 aromatic heterocycles. The molecule has 0 radical (unpaired) electrons. The molecule has 3 heteroatoms. The predicted octanol–water partition coefficient (Wildman–Crippen LogP) is 1.92. The van der Waals surface area contributed by atoms with Gasteiger partial charge < -0.3 is 9.15 Å². The molecule has 1 aliphatic rings. The van der Waals surface area contributed by atoms with Crippen molar-refractivity contribution in [1.82, 2.24) is 0 Å². The number of ether oxygens (including phenoxy) is 1. The minimum Gasteiger partial charge on any atom is -0.497 e. The van der Waals surface area contributed by atoms with Gasteiger partial charge in [0.15, 0.2) is 11.2 Å². The minimum absolute atomic E-state index is 0.0752. The van der Waals surface area contributed by atoms with Gasteiger partial charge in [0.05, 0.1) is 7.11 Å². The van der Waals surface area contributed by atoms with Crippen LogP contribution in [0.3, 0.4) is 0 Å². The van der Waals surface area contributed by atoms with Crippen LogP contribution in [0.25, 0.3) is 11.8 Å². The van der Waals surface area contributed by atoms with Crippen LogP contribution in [0.5, 0.6) is 0 Å². The second-order valence-electron chi connectivity index (χ2n) is 5.19. The Kier molecular flexibility index (Phi) is 3.65. The van der Waals surface area contributed by atoms with E-state index in [-0.39, 0.29) is 17.6 Å². The summed E-state index contributed by atoms with van der Waals surface area (Å²) in [5, 5.41) is 1.05. The number of carbonyl (C=O) groups excluding carboxylic acids is 1. The number of furan rings is 1. The zero-order chi connectivity index (χ0) is 14.2. The monoisotopic (exact) mass is 260 g/mol. The maximum Gasteiger partial charge on any atom is 0.171 e. The number of allylic oxidation sites excluding steroid dienone is 2. The van der Waals surface area contributed by atoms with E-state index in [1.165, 1.54) is 0 Å². The van der Waals surface area contributed by atoms with E-state index < -0.39 is 0 Å². The van der Waals surface area contributed by atoms with E-state index in [9.17, 15) is 4.79 Å². The van der Waals surface area contributed by atoms with Gasteiger partial charge in [0, 0.05) is 17.1 Å². The molecule has 2 atom stereocenters. The topological polar surface area (TPSA) is 39.4 Å². The highest BCUT2D eigenvalue weighted by molar-refractivity contribution is 5.88. The molecule has 3 nitrogen and oxygen atoms in total. The minimum atomic E-state index is 0.0752. The first-order chi connectivity index (χ1) is 8.93. The van der Waals surface area contributed by atoms with Gasteiger partial charge in [-0.3, -0.25) is 4.79 Å². The van der Waals surface area contributed by atoms with Gasteiger partial charge in [-0.25, -0.2) is 0 Å². The molecule has 0 fully saturated rings. The summed E-state index contributed by atoms with van der Waals surface area (Å²) in [5.41, 5.74) is 1.87. The Bertz CT molecular complexity index is 646. The van der Waals surface area contributed by atoms with Crippen molar-refractivity contribution in [3.05, 3.63) is 34.1 Å². The van der Waals surface area contributed by atoms with Crippen LogP contribution in [0.15, 0.2) is 22.1 Å². The number of carbonyl (C=O) groups is 1. The Morgan fingerprint density at radius 2 is 2.11 bits per heavy atom. The average Bonchev–Trinajstić information content (AvgIpc) is 2.67. The molecule has 0 bridgehead atoms. The van der Waals surface area contributed by atoms with E-state index in [0.717, 1.165) is 27.7 Å². The lowest BCUT2D eigenvalue weighted by molar-refractivity contribution is -0.112. The number of aryl methyl sites for hydroxylation is 1. The van der Waals surface area contributed by atoms with E-state index in [0.29, 0.717) is 0 Å². The molecule has 0 spiro atoms. The van der Waals surface area contributed by atoms with Crippen molar-refractivity contribution in [3.8, 4) is 0 Å². The molecule has 0 amide bonds. The Balaban J connectivity index is 2.60. The molecule has 0 N–H and O–H groups in total. The lowest BCUT2D eigenvalue weighted by Gasteiger charge is -2.25. The van der Waals surface area contributed by atoms with Crippen LogP contribution in [0.1, 0.15) is 26.5 Å². The molecule has 19 heavy (non-hydrogen) atoms. The van der Waals surface area contributed by atoms with Crippen LogP contribution in [0.4, 0.5) is 0 Å². The Hall–Kier alpha value is -1.77. The van der Waals surface area contributed by atoms with Gasteiger partial charge >= 0.3 is 0 Å². The molecule has 102 valence electrons. The Morgan fingerprint density at radius 3 is 2.68 bits per heavy atom. The van der Waals surface area contributed by atoms with Crippen LogP contribution >= 0.6 is 0 Å². The summed E-state index contributed by atoms with van der Waals surface area (Å²) < 4.78 is 11.2. The van der Waals surface area contributed by atoms with E-state index in [2.05, 4.69) is 13.0 Å². The summed E-state index contributed by atoms with van der Waals surface area (Å²) in [7, 11) is 1.67. The summed E-state index contributed by atoms with van der Waals surface area (Å²) in [6, 6.07) is 2.01. The van der Waals surface area contributed by atoms with Gasteiger partial charge in [-0.05, 0) is 32.9 Å². The number of fused-ring (bicyclic) bond motifs is 1. The van der Waals surface area contributed by atoms with Crippen molar-refractivity contribution in [2.75, 3.05) is 7.11 Å². The molecule has 2 rings (SSSR count). The maximum atomic E-state index is 11.3. The van der Waals surface area contributed by atoms with Gasteiger partial charge in [0.1, 0.15) is 11.5 Å². The van der Waals surface area contributed by atoms with Crippen LogP contribution in [-0.2, 0) is 9.53 Å². The number of hydrogen-bond donors (Lipinski definition) is 0. The van der Waals surface area contributed by atoms with Crippen LogP contribution in [0.2, 0.25) is 0 Å². The smallest absolute Gasteiger partial charge is 0.171 e. The molecular weight excluding hydrogens is 240 g/mol. The molecule has 1 heterocycles. The lowest BCUT2D eigenvalue weighted by Crippen LogP contribution is -2.34. The summed E-state index contributed by atoms with van der Waals surface area (Å²) in [6.45, 7) is 7.59. The fourth-order valence-electron chi connectivity index (χ4n) is 2.78. The van der Waals surface area contributed by atoms with Gasteiger partial charge in [0.2, 0.25) is 0 Å². The Morgan fingerprint density at radius 1 is 1.42 bits per heavy atom. The van der Waals surface area contributed by atoms with E-state index >= 15 is 0 Å². The number of methoxy groups -OCH3 is 1. The van der Waals surface area contributed by atoms with Crippen LogP contribution in [0, 0.1) is 18.8 Å². The van der Waals surface area contributed by atoms with E-state index in [4.69, 9.17) is 9.15 Å². The predicted molar refractivity (Wildman–Crippen MR) is 74.7 cm³/mol. The highest BCUT2D eigenvalue weighted by Crippen LogP contribution is 2.30. The van der Waals surface area contributed by atoms with Crippen molar-refractivity contribution in [2.45, 2.75) is 27.7 Å². The molecule has 0 saturated heterocycles. The average molecular weight is 260 g/mol. The first-order valence-electron chi connectivity index (χ1n) is 6.49. The van der Waals surface area contributed by atoms with Gasteiger partial charge in [-0.15, -0.1) is 0 Å². The quantitative estimate of drug-likeness (QED) is 0.780. The third kappa shape index (κ3) is 2.50. The molecule has 0 aliphatic heterocycles. The summed E-state index contributed by atoms with van der Waals surface area (Å²) in [5.74, 6) is 2.14. The fraction of sp³-hybridized carbons (Fsp3) is 0.438. The largest absolute Gasteiger partial charge is 0.497 e. The first-order valence-corrected chi connectivity index (χ1v) is 6.49. The SMILES string of the molecule is COC1=c2oc(C)cc2=CC(/C(C)=C\C(C)=O)C1C. The van der Waals surface area contributed by atoms with Gasteiger partial charge in [-0.1, -0.05) is 18.6 Å². The summed E-state index contributed by atoms with van der Waals surface area (Å²) in [6.07, 6.45) is 3.86. The molecular formula is C16H20O3. The number of rotatable bonds is 3. The lowest BCUT2D eigenvalue weighted by atomic mass is 9.82. The summed E-state index contributed by atoms with van der Waals surface area (Å²) >= 11 is 0. The fourth-order valence-corrected chi connectivity index (χ4v) is 2.78. The standard InChI is InChI=1S/C16H20O3/c1-9(6-10(2)17)14-8-13-7-11(3)19-16(13)15(18-5)12(14)4/h6-8,12,14H,1-5H3/b9-6-. The first kappa shape index (κ1) is 13.7. The van der Waals surface area contributed by atoms with Crippen LogP contribution in [-0.4, -0.2) is 12.9 Å². The normalized spacial score (nSPS) is 22.8. The molecule has 2 unspecified atom stereocenters. The number of hydrogen-bond acceptors (Lipinski definition) is 3. The van der Waals surface area contributed by atoms with Crippen LogP contribution < -0.4 is 10.6 Å². The van der Waals surface area contributed by atoms with Crippen molar-refractivity contribution >= 4 is 17.6 Å². The number of ketones is 1.